The van der Waals surface area contributed by atoms with E-state index in [9.17, 15) is 4.79 Å². The number of hydrogen-bond acceptors (Lipinski definition) is 2. The predicted molar refractivity (Wildman–Crippen MR) is 71.3 cm³/mol. The van der Waals surface area contributed by atoms with Gasteiger partial charge in [-0.3, -0.25) is 4.79 Å². The van der Waals surface area contributed by atoms with Gasteiger partial charge in [-0.25, -0.2) is 4.98 Å². The molecule has 1 aromatic heterocycles. The third kappa shape index (κ3) is 2.92. The third-order valence-corrected chi connectivity index (χ3v) is 3.83. The number of amides is 1. The standard InChI is InChI=1S/C14H23N3O/c1-4-13-9-17(12(3)15-13)10-14(18)16-7-5-11(2)6-8-16/h9,11H,4-8,10H2,1-3H3. The Labute approximate surface area is 109 Å². The zero-order chi connectivity index (χ0) is 13.1. The molecule has 0 saturated carbocycles. The largest absolute Gasteiger partial charge is 0.341 e. The minimum atomic E-state index is 0.227. The van der Waals surface area contributed by atoms with Crippen molar-refractivity contribution in [3.8, 4) is 0 Å². The van der Waals surface area contributed by atoms with E-state index in [4.69, 9.17) is 0 Å². The summed E-state index contributed by atoms with van der Waals surface area (Å²) in [5, 5.41) is 0. The van der Waals surface area contributed by atoms with E-state index < -0.39 is 0 Å². The monoisotopic (exact) mass is 249 g/mol. The maximum absolute atomic E-state index is 12.2. The van der Waals surface area contributed by atoms with Gasteiger partial charge in [0.1, 0.15) is 12.4 Å². The Kier molecular flexibility index (Phi) is 4.04. The molecule has 2 rings (SSSR count). The minimum Gasteiger partial charge on any atom is -0.341 e. The van der Waals surface area contributed by atoms with Crippen LogP contribution in [0.1, 0.15) is 38.2 Å². The second kappa shape index (κ2) is 5.55. The molecule has 1 aliphatic heterocycles. The Morgan fingerprint density at radius 1 is 1.44 bits per heavy atom. The van der Waals surface area contributed by atoms with Crippen LogP contribution in [0.5, 0.6) is 0 Å². The Morgan fingerprint density at radius 3 is 2.67 bits per heavy atom. The summed E-state index contributed by atoms with van der Waals surface area (Å²) in [6.07, 6.45) is 5.19. The minimum absolute atomic E-state index is 0.227. The van der Waals surface area contributed by atoms with Crippen molar-refractivity contribution in [3.05, 3.63) is 17.7 Å². The number of nitrogens with zero attached hydrogens (tertiary/aromatic N) is 3. The normalized spacial score (nSPS) is 17.2. The highest BCUT2D eigenvalue weighted by molar-refractivity contribution is 5.76. The van der Waals surface area contributed by atoms with Gasteiger partial charge in [0.25, 0.3) is 0 Å². The van der Waals surface area contributed by atoms with Crippen molar-refractivity contribution in [3.63, 3.8) is 0 Å². The van der Waals surface area contributed by atoms with E-state index in [1.54, 1.807) is 0 Å². The number of hydrogen-bond donors (Lipinski definition) is 0. The van der Waals surface area contributed by atoms with E-state index >= 15 is 0 Å². The van der Waals surface area contributed by atoms with Gasteiger partial charge in [0.2, 0.25) is 5.91 Å². The fourth-order valence-corrected chi connectivity index (χ4v) is 2.41. The number of aromatic nitrogens is 2. The zero-order valence-electron chi connectivity index (χ0n) is 11.6. The van der Waals surface area contributed by atoms with Gasteiger partial charge in [-0.05, 0) is 32.1 Å². The first-order valence-electron chi connectivity index (χ1n) is 6.90. The highest BCUT2D eigenvalue weighted by atomic mass is 16.2. The van der Waals surface area contributed by atoms with Crippen molar-refractivity contribution in [1.82, 2.24) is 14.5 Å². The Balaban J connectivity index is 1.96. The van der Waals surface area contributed by atoms with Crippen molar-refractivity contribution in [1.29, 1.82) is 0 Å². The van der Waals surface area contributed by atoms with Crippen molar-refractivity contribution >= 4 is 5.91 Å². The van der Waals surface area contributed by atoms with Gasteiger partial charge in [0.15, 0.2) is 0 Å². The molecule has 18 heavy (non-hydrogen) atoms. The summed E-state index contributed by atoms with van der Waals surface area (Å²) in [5.41, 5.74) is 1.06. The number of piperidine rings is 1. The zero-order valence-corrected chi connectivity index (χ0v) is 11.6. The molecular weight excluding hydrogens is 226 g/mol. The van der Waals surface area contributed by atoms with E-state index in [0.29, 0.717) is 6.54 Å². The van der Waals surface area contributed by atoms with Gasteiger partial charge in [0.05, 0.1) is 5.69 Å². The van der Waals surface area contributed by atoms with Crippen molar-refractivity contribution in [2.45, 2.75) is 46.6 Å². The molecule has 0 unspecified atom stereocenters. The smallest absolute Gasteiger partial charge is 0.242 e. The summed E-state index contributed by atoms with van der Waals surface area (Å²) in [5.74, 6) is 1.92. The summed E-state index contributed by atoms with van der Waals surface area (Å²) in [6.45, 7) is 8.57. The van der Waals surface area contributed by atoms with Crippen LogP contribution in [0.25, 0.3) is 0 Å². The lowest BCUT2D eigenvalue weighted by atomic mass is 9.99. The van der Waals surface area contributed by atoms with Gasteiger partial charge in [0, 0.05) is 19.3 Å². The first-order valence-corrected chi connectivity index (χ1v) is 6.90. The molecule has 1 fully saturated rings. The number of carbonyl (C=O) groups excluding carboxylic acids is 1. The SMILES string of the molecule is CCc1cn(CC(=O)N2CCC(C)CC2)c(C)n1. The van der Waals surface area contributed by atoms with Gasteiger partial charge in [-0.1, -0.05) is 13.8 Å². The van der Waals surface area contributed by atoms with E-state index in [1.165, 1.54) is 0 Å². The molecule has 0 radical (unpaired) electrons. The van der Waals surface area contributed by atoms with Crippen LogP contribution in [0.2, 0.25) is 0 Å². The highest BCUT2D eigenvalue weighted by Crippen LogP contribution is 2.16. The van der Waals surface area contributed by atoms with Gasteiger partial charge in [-0.2, -0.15) is 0 Å². The average Bonchev–Trinajstić information content (AvgIpc) is 2.71. The fourth-order valence-electron chi connectivity index (χ4n) is 2.41. The first-order chi connectivity index (χ1) is 8.60. The van der Waals surface area contributed by atoms with Gasteiger partial charge >= 0.3 is 0 Å². The highest BCUT2D eigenvalue weighted by Gasteiger charge is 2.20. The van der Waals surface area contributed by atoms with Crippen LogP contribution in [-0.2, 0) is 17.8 Å². The molecule has 100 valence electrons. The molecule has 1 aromatic rings. The van der Waals surface area contributed by atoms with Crippen LogP contribution >= 0.6 is 0 Å². The maximum atomic E-state index is 12.2. The summed E-state index contributed by atoms with van der Waals surface area (Å²) >= 11 is 0. The summed E-state index contributed by atoms with van der Waals surface area (Å²) in [7, 11) is 0. The molecule has 0 atom stereocenters. The van der Waals surface area contributed by atoms with E-state index in [-0.39, 0.29) is 5.91 Å². The molecule has 2 heterocycles. The number of imidazole rings is 1. The van der Waals surface area contributed by atoms with Crippen LogP contribution in [0.15, 0.2) is 6.20 Å². The predicted octanol–water partition coefficient (Wildman–Crippen LogP) is 2.01. The van der Waals surface area contributed by atoms with E-state index in [1.807, 2.05) is 22.6 Å². The molecule has 4 nitrogen and oxygen atoms in total. The van der Waals surface area contributed by atoms with Crippen LogP contribution in [0.4, 0.5) is 0 Å². The number of carbonyl (C=O) groups is 1. The lowest BCUT2D eigenvalue weighted by Gasteiger charge is -2.30. The van der Waals surface area contributed by atoms with E-state index in [0.717, 1.165) is 49.8 Å². The molecular formula is C14H23N3O. The molecule has 0 N–H and O–H groups in total. The Hall–Kier alpha value is -1.32. The molecule has 4 heteroatoms. The first kappa shape index (κ1) is 13.1. The molecule has 0 spiro atoms. The number of likely N-dealkylation sites (tertiary alicyclic amines) is 1. The van der Waals surface area contributed by atoms with E-state index in [2.05, 4.69) is 18.8 Å². The van der Waals surface area contributed by atoms with Gasteiger partial charge < -0.3 is 9.47 Å². The quantitative estimate of drug-likeness (QED) is 0.822. The lowest BCUT2D eigenvalue weighted by molar-refractivity contribution is -0.133. The fraction of sp³-hybridized carbons (Fsp3) is 0.714. The van der Waals surface area contributed by atoms with Crippen LogP contribution < -0.4 is 0 Å². The van der Waals surface area contributed by atoms with Crippen molar-refractivity contribution in [2.75, 3.05) is 13.1 Å². The summed E-state index contributed by atoms with van der Waals surface area (Å²) in [4.78, 5) is 18.6. The van der Waals surface area contributed by atoms with Crippen LogP contribution in [-0.4, -0.2) is 33.4 Å². The molecule has 1 aliphatic rings. The van der Waals surface area contributed by atoms with Crippen molar-refractivity contribution in [2.24, 2.45) is 5.92 Å². The van der Waals surface area contributed by atoms with Crippen LogP contribution in [0, 0.1) is 12.8 Å². The summed E-state index contributed by atoms with van der Waals surface area (Å²) in [6, 6.07) is 0. The van der Waals surface area contributed by atoms with Gasteiger partial charge in [-0.15, -0.1) is 0 Å². The number of rotatable bonds is 3. The second-order valence-corrected chi connectivity index (χ2v) is 5.32. The molecule has 0 aliphatic carbocycles. The molecule has 1 saturated heterocycles. The molecule has 0 aromatic carbocycles. The summed E-state index contributed by atoms with van der Waals surface area (Å²) < 4.78 is 1.97. The van der Waals surface area contributed by atoms with Crippen LogP contribution in [0.3, 0.4) is 0 Å². The maximum Gasteiger partial charge on any atom is 0.242 e. The average molecular weight is 249 g/mol. The van der Waals surface area contributed by atoms with Crippen molar-refractivity contribution < 1.29 is 4.79 Å². The Bertz CT molecular complexity index is 417. The Morgan fingerprint density at radius 2 is 2.11 bits per heavy atom. The topological polar surface area (TPSA) is 38.1 Å². The molecule has 1 amide bonds. The third-order valence-electron chi connectivity index (χ3n) is 3.83. The second-order valence-electron chi connectivity index (χ2n) is 5.32. The molecule has 0 bridgehead atoms. The lowest BCUT2D eigenvalue weighted by Crippen LogP contribution is -2.39. The number of aryl methyl sites for hydroxylation is 2.